The summed E-state index contributed by atoms with van der Waals surface area (Å²) in [6, 6.07) is 4.87. The Hall–Kier alpha value is -4.55. The van der Waals surface area contributed by atoms with E-state index in [4.69, 9.17) is 27.5 Å². The van der Waals surface area contributed by atoms with Crippen molar-refractivity contribution in [1.82, 2.24) is 0 Å². The van der Waals surface area contributed by atoms with Crippen molar-refractivity contribution in [1.29, 1.82) is 0 Å². The Labute approximate surface area is 311 Å². The van der Waals surface area contributed by atoms with Crippen molar-refractivity contribution in [2.75, 3.05) is 5.73 Å². The number of rotatable bonds is 5. The number of carboxylic acid groups (broad SMARTS) is 2. The summed E-state index contributed by atoms with van der Waals surface area (Å²) in [6.07, 6.45) is 8.59. The zero-order valence-corrected chi connectivity index (χ0v) is 33.0. The molecule has 0 saturated heterocycles. The van der Waals surface area contributed by atoms with Crippen LogP contribution in [0.15, 0.2) is 57.8 Å². The Bertz CT molecular complexity index is 1540. The maximum absolute atomic E-state index is 10.8. The number of esters is 1. The van der Waals surface area contributed by atoms with Gasteiger partial charge in [-0.25, -0.2) is 9.59 Å². The van der Waals surface area contributed by atoms with Gasteiger partial charge < -0.3 is 25.8 Å². The monoisotopic (exact) mass is 771 g/mol. The summed E-state index contributed by atoms with van der Waals surface area (Å²) in [4.78, 5) is 63.1. The first-order valence-corrected chi connectivity index (χ1v) is 17.9. The molecule has 0 unspecified atom stereocenters. The second kappa shape index (κ2) is 31.7. The third-order valence-corrected chi connectivity index (χ3v) is 7.33. The molecule has 11 nitrogen and oxygen atoms in total. The topological polar surface area (TPSA) is 198 Å². The summed E-state index contributed by atoms with van der Waals surface area (Å²) in [6.45, 7) is 17.6. The number of Topliss-reactive ketones (excluding diaryl/α,β-unsaturated/α-hetero) is 2. The van der Waals surface area contributed by atoms with Gasteiger partial charge in [-0.05, 0) is 58.9 Å². The molecule has 0 saturated carbocycles. The second-order valence-electron chi connectivity index (χ2n) is 7.88. The number of hydrogen-bond acceptors (Lipinski definition) is 12. The van der Waals surface area contributed by atoms with Crippen LogP contribution in [0.25, 0.3) is 0 Å². The van der Waals surface area contributed by atoms with Gasteiger partial charge in [0.15, 0.2) is 16.4 Å². The molecule has 3 heterocycles. The number of terminal acetylenes is 1. The number of ketones is 2. The van der Waals surface area contributed by atoms with Gasteiger partial charge in [-0.1, -0.05) is 53.5 Å². The number of ether oxygens (including phenoxy) is 1. The Kier molecular flexibility index (Phi) is 33.1. The third-order valence-electron chi connectivity index (χ3n) is 4.40. The predicted molar refractivity (Wildman–Crippen MR) is 205 cm³/mol. The molecule has 0 aromatic carbocycles. The van der Waals surface area contributed by atoms with Crippen LogP contribution in [0, 0.1) is 12.3 Å². The van der Waals surface area contributed by atoms with E-state index in [1.165, 1.54) is 67.9 Å². The number of carboxylic acids is 2. The highest BCUT2D eigenvalue weighted by atomic mass is 35.5. The Morgan fingerprint density at radius 1 is 0.780 bits per heavy atom. The van der Waals surface area contributed by atoms with Crippen molar-refractivity contribution in [2.45, 2.75) is 75.7 Å². The van der Waals surface area contributed by atoms with Gasteiger partial charge in [-0.3, -0.25) is 19.2 Å². The van der Waals surface area contributed by atoms with Crippen LogP contribution in [0.2, 0.25) is 0 Å². The number of carbonyl (C=O) groups excluding carboxylic acids is 4. The highest BCUT2D eigenvalue weighted by molar-refractivity contribution is 7.13. The first-order chi connectivity index (χ1) is 23.5. The second-order valence-corrected chi connectivity index (χ2v) is 11.2. The lowest BCUT2D eigenvalue weighted by Crippen LogP contribution is -2.04. The summed E-state index contributed by atoms with van der Waals surface area (Å²) in [5, 5.41) is 30.5. The molecular formula is C35H46ClNO10S3. The van der Waals surface area contributed by atoms with Crippen molar-refractivity contribution in [3.05, 3.63) is 78.0 Å². The Balaban J connectivity index is -0.000000260. The standard InChI is InChI=1S/C8H8O4.C8H6OS.C6H7NOS.C5H4O3S.C2H3ClO.3C2H6/c1-5(9)12-7-4-2-3-6(7)8(10)11;1-3-7-4-5-10-8(7)6(2)9;1-4(8)6-5(7)2-3-9-6;6-3-1-2-9-4(3)5(7)8;1-2(3)4;3*1-2/h2,4H,3H2,1H3,(H,10,11);1,4-5H,2H3;2-3H,7H2,1H3;1-2,6H,(H,7,8);1H3;3*1-2H3. The number of aliphatic carboxylic acids is 1. The first kappa shape index (κ1) is 52.3. The van der Waals surface area contributed by atoms with Gasteiger partial charge in [0.05, 0.1) is 21.0 Å². The van der Waals surface area contributed by atoms with Crippen LogP contribution in [0.5, 0.6) is 5.75 Å². The van der Waals surface area contributed by atoms with E-state index in [-0.39, 0.29) is 38.8 Å². The fraction of sp³-hybridized carbons (Fsp3) is 0.314. The predicted octanol–water partition coefficient (Wildman–Crippen LogP) is 9.32. The molecule has 15 heteroatoms. The Morgan fingerprint density at radius 2 is 1.22 bits per heavy atom. The number of nitrogens with two attached hydrogens (primary N) is 1. The molecule has 276 valence electrons. The van der Waals surface area contributed by atoms with E-state index < -0.39 is 17.9 Å². The third kappa shape index (κ3) is 23.7. The highest BCUT2D eigenvalue weighted by Crippen LogP contribution is 2.22. The van der Waals surface area contributed by atoms with Crippen molar-refractivity contribution in [2.24, 2.45) is 0 Å². The van der Waals surface area contributed by atoms with E-state index in [1.54, 1.807) is 18.2 Å². The van der Waals surface area contributed by atoms with Crippen LogP contribution in [0.4, 0.5) is 5.69 Å². The molecule has 0 spiro atoms. The first-order valence-electron chi connectivity index (χ1n) is 14.9. The Morgan fingerprint density at radius 3 is 1.50 bits per heavy atom. The van der Waals surface area contributed by atoms with Crippen LogP contribution < -0.4 is 5.73 Å². The van der Waals surface area contributed by atoms with E-state index in [1.807, 2.05) is 52.3 Å². The van der Waals surface area contributed by atoms with Crippen molar-refractivity contribution < 1.29 is 48.8 Å². The minimum absolute atomic E-state index is 0.00463. The lowest BCUT2D eigenvalue weighted by molar-refractivity contribution is -0.136. The molecular weight excluding hydrogens is 726 g/mol. The lowest BCUT2D eigenvalue weighted by atomic mass is 10.2. The fourth-order valence-corrected chi connectivity index (χ4v) is 4.80. The van der Waals surface area contributed by atoms with E-state index in [2.05, 4.69) is 22.3 Å². The molecule has 0 fully saturated rings. The molecule has 0 bridgehead atoms. The molecule has 0 atom stereocenters. The quantitative estimate of drug-likeness (QED) is 0.0834. The molecule has 0 aliphatic heterocycles. The number of hydrogen-bond donors (Lipinski definition) is 4. The molecule has 5 N–H and O–H groups in total. The van der Waals surface area contributed by atoms with Crippen LogP contribution in [0.3, 0.4) is 0 Å². The number of nitrogen functional groups attached to an aromatic ring is 1. The number of halogens is 1. The van der Waals surface area contributed by atoms with E-state index in [9.17, 15) is 28.8 Å². The summed E-state index contributed by atoms with van der Waals surface area (Å²) in [5.41, 5.74) is 6.86. The van der Waals surface area contributed by atoms with Crippen LogP contribution in [-0.2, 0) is 19.1 Å². The fourth-order valence-electron chi connectivity index (χ4n) is 2.69. The van der Waals surface area contributed by atoms with Crippen LogP contribution in [0.1, 0.15) is 110 Å². The van der Waals surface area contributed by atoms with E-state index in [0.717, 1.165) is 11.3 Å². The highest BCUT2D eigenvalue weighted by Gasteiger charge is 2.18. The lowest BCUT2D eigenvalue weighted by Gasteiger charge is -2.01. The normalized spacial score (nSPS) is 9.64. The number of thiophene rings is 3. The number of aromatic hydroxyl groups is 1. The molecule has 50 heavy (non-hydrogen) atoms. The molecule has 0 amide bonds. The number of anilines is 1. The smallest absolute Gasteiger partial charge is 0.349 e. The number of carbonyl (C=O) groups is 6. The van der Waals surface area contributed by atoms with Gasteiger partial charge in [0, 0.05) is 32.8 Å². The van der Waals surface area contributed by atoms with Gasteiger partial charge in [0.2, 0.25) is 5.24 Å². The number of aromatic carboxylic acids is 1. The molecule has 3 aromatic heterocycles. The summed E-state index contributed by atoms with van der Waals surface area (Å²) < 4.78 is 4.66. The molecule has 1 aliphatic rings. The number of allylic oxidation sites excluding steroid dienone is 2. The van der Waals surface area contributed by atoms with Gasteiger partial charge in [-0.15, -0.1) is 40.4 Å². The van der Waals surface area contributed by atoms with Crippen LogP contribution >= 0.6 is 45.6 Å². The zero-order valence-electron chi connectivity index (χ0n) is 29.8. The minimum atomic E-state index is -1.08. The van der Waals surface area contributed by atoms with Gasteiger partial charge in [-0.2, -0.15) is 0 Å². The van der Waals surface area contributed by atoms with Gasteiger partial charge in [0.25, 0.3) is 0 Å². The summed E-state index contributed by atoms with van der Waals surface area (Å²) in [5.74, 6) is -0.107. The SMILES string of the molecule is C#Cc1ccsc1C(C)=O.CC.CC.CC.CC(=O)Cl.CC(=O)OC1=C(C(=O)O)CC=C1.CC(=O)c1sccc1N.O=C(O)c1sccc1O. The average molecular weight is 772 g/mol. The molecule has 1 aliphatic carbocycles. The average Bonchev–Trinajstić information content (AvgIpc) is 3.88. The largest absolute Gasteiger partial charge is 0.506 e. The van der Waals surface area contributed by atoms with Crippen molar-refractivity contribution in [3.63, 3.8) is 0 Å². The molecule has 4 rings (SSSR count). The van der Waals surface area contributed by atoms with E-state index >= 15 is 0 Å². The van der Waals surface area contributed by atoms with E-state index in [0.29, 0.717) is 27.4 Å². The van der Waals surface area contributed by atoms with Gasteiger partial charge >= 0.3 is 17.9 Å². The zero-order chi connectivity index (χ0) is 40.0. The maximum atomic E-state index is 10.8. The maximum Gasteiger partial charge on any atom is 0.349 e. The van der Waals surface area contributed by atoms with Crippen LogP contribution in [-0.4, -0.2) is 50.0 Å². The molecule has 0 radical (unpaired) electrons. The summed E-state index contributed by atoms with van der Waals surface area (Å²) >= 11 is 8.42. The van der Waals surface area contributed by atoms with Crippen molar-refractivity contribution in [3.8, 4) is 18.1 Å². The molecule has 3 aromatic rings. The van der Waals surface area contributed by atoms with Gasteiger partial charge in [0.1, 0.15) is 11.5 Å². The van der Waals surface area contributed by atoms with Crippen molar-refractivity contribution >= 4 is 86.0 Å². The minimum Gasteiger partial charge on any atom is -0.506 e. The summed E-state index contributed by atoms with van der Waals surface area (Å²) in [7, 11) is 0.